The predicted molar refractivity (Wildman–Crippen MR) is 70.7 cm³/mol. The highest BCUT2D eigenvalue weighted by Crippen LogP contribution is 2.21. The molecule has 1 saturated heterocycles. The lowest BCUT2D eigenvalue weighted by Crippen LogP contribution is -2.38. The molecule has 0 radical (unpaired) electrons. The van der Waals surface area contributed by atoms with E-state index in [1.165, 1.54) is 6.26 Å². The van der Waals surface area contributed by atoms with Crippen LogP contribution in [0.15, 0.2) is 12.4 Å². The van der Waals surface area contributed by atoms with Gasteiger partial charge in [0, 0.05) is 38.4 Å². The molecule has 0 unspecified atom stereocenters. The second-order valence-electron chi connectivity index (χ2n) is 4.95. The molecular weight excluding hydrogens is 250 g/mol. The zero-order valence-corrected chi connectivity index (χ0v) is 11.9. The molecule has 0 bridgehead atoms. The third-order valence-electron chi connectivity index (χ3n) is 3.62. The number of aromatic nitrogens is 2. The molecule has 0 N–H and O–H groups in total. The molecule has 6 heteroatoms. The number of nitrogens with zero attached hydrogens (tertiary/aromatic N) is 3. The minimum Gasteiger partial charge on any atom is -0.335 e. The Labute approximate surface area is 109 Å². The highest BCUT2D eigenvalue weighted by atomic mass is 32.2. The van der Waals surface area contributed by atoms with Crippen molar-refractivity contribution in [2.24, 2.45) is 5.92 Å². The molecule has 0 aromatic carbocycles. The van der Waals surface area contributed by atoms with E-state index in [2.05, 4.69) is 16.5 Å². The number of imidazole rings is 1. The van der Waals surface area contributed by atoms with Crippen molar-refractivity contribution < 1.29 is 8.42 Å². The average molecular weight is 271 g/mol. The van der Waals surface area contributed by atoms with E-state index in [9.17, 15) is 8.42 Å². The van der Waals surface area contributed by atoms with Gasteiger partial charge in [-0.3, -0.25) is 0 Å². The standard InChI is InChI=1S/C12H21N3O2S/c1-3-12-13-6-9-14(12)10-11-4-7-15(8-5-11)18(2,16)17/h6,9,11H,3-5,7-8,10H2,1-2H3. The van der Waals surface area contributed by atoms with E-state index in [0.717, 1.165) is 31.6 Å². The molecule has 2 rings (SSSR count). The molecule has 5 nitrogen and oxygen atoms in total. The third-order valence-corrected chi connectivity index (χ3v) is 4.92. The van der Waals surface area contributed by atoms with E-state index in [-0.39, 0.29) is 0 Å². The maximum atomic E-state index is 11.4. The Hall–Kier alpha value is -0.880. The highest BCUT2D eigenvalue weighted by molar-refractivity contribution is 7.88. The van der Waals surface area contributed by atoms with E-state index in [1.807, 2.05) is 12.4 Å². The Morgan fingerprint density at radius 3 is 2.61 bits per heavy atom. The van der Waals surface area contributed by atoms with Gasteiger partial charge >= 0.3 is 0 Å². The monoisotopic (exact) mass is 271 g/mol. The van der Waals surface area contributed by atoms with Gasteiger partial charge in [-0.05, 0) is 18.8 Å². The lowest BCUT2D eigenvalue weighted by molar-refractivity contribution is 0.252. The van der Waals surface area contributed by atoms with Crippen LogP contribution in [0.25, 0.3) is 0 Å². The van der Waals surface area contributed by atoms with Crippen molar-refractivity contribution >= 4 is 10.0 Å². The number of hydrogen-bond acceptors (Lipinski definition) is 3. The molecule has 18 heavy (non-hydrogen) atoms. The molecule has 1 aliphatic heterocycles. The molecular formula is C12H21N3O2S. The van der Waals surface area contributed by atoms with E-state index in [1.54, 1.807) is 4.31 Å². The lowest BCUT2D eigenvalue weighted by atomic mass is 9.98. The quantitative estimate of drug-likeness (QED) is 0.824. The summed E-state index contributed by atoms with van der Waals surface area (Å²) in [6.07, 6.45) is 7.96. The molecule has 0 saturated carbocycles. The largest absolute Gasteiger partial charge is 0.335 e. The minimum atomic E-state index is -3.01. The summed E-state index contributed by atoms with van der Waals surface area (Å²) in [5.41, 5.74) is 0. The van der Waals surface area contributed by atoms with Crippen molar-refractivity contribution in [3.63, 3.8) is 0 Å². The zero-order valence-electron chi connectivity index (χ0n) is 11.0. The molecule has 2 heterocycles. The van der Waals surface area contributed by atoms with E-state index in [0.29, 0.717) is 19.0 Å². The van der Waals surface area contributed by atoms with Crippen LogP contribution in [0.5, 0.6) is 0 Å². The van der Waals surface area contributed by atoms with Crippen molar-refractivity contribution in [1.82, 2.24) is 13.9 Å². The highest BCUT2D eigenvalue weighted by Gasteiger charge is 2.25. The summed E-state index contributed by atoms with van der Waals surface area (Å²) in [5.74, 6) is 1.67. The van der Waals surface area contributed by atoms with Gasteiger partial charge < -0.3 is 4.57 Å². The Balaban J connectivity index is 1.91. The SMILES string of the molecule is CCc1nccn1CC1CCN(S(C)(=O)=O)CC1. The van der Waals surface area contributed by atoms with Crippen LogP contribution < -0.4 is 0 Å². The maximum Gasteiger partial charge on any atom is 0.211 e. The number of rotatable bonds is 4. The van der Waals surface area contributed by atoms with Crippen LogP contribution >= 0.6 is 0 Å². The number of sulfonamides is 1. The maximum absolute atomic E-state index is 11.4. The van der Waals surface area contributed by atoms with Gasteiger partial charge in [-0.1, -0.05) is 6.92 Å². The number of piperidine rings is 1. The van der Waals surface area contributed by atoms with Crippen LogP contribution in [0.3, 0.4) is 0 Å². The molecule has 0 amide bonds. The summed E-state index contributed by atoms with van der Waals surface area (Å²) in [5, 5.41) is 0. The molecule has 1 aliphatic rings. The second-order valence-corrected chi connectivity index (χ2v) is 6.94. The van der Waals surface area contributed by atoms with Gasteiger partial charge in [0.05, 0.1) is 6.26 Å². The smallest absolute Gasteiger partial charge is 0.211 e. The van der Waals surface area contributed by atoms with Gasteiger partial charge in [-0.2, -0.15) is 0 Å². The first kappa shape index (κ1) is 13.5. The minimum absolute atomic E-state index is 0.558. The Bertz CT molecular complexity index is 487. The molecule has 0 aliphatic carbocycles. The van der Waals surface area contributed by atoms with Gasteiger partial charge in [0.1, 0.15) is 5.82 Å². The summed E-state index contributed by atoms with van der Waals surface area (Å²) < 4.78 is 26.6. The van der Waals surface area contributed by atoms with E-state index >= 15 is 0 Å². The summed E-state index contributed by atoms with van der Waals surface area (Å²) in [6.45, 7) is 4.37. The van der Waals surface area contributed by atoms with E-state index in [4.69, 9.17) is 0 Å². The van der Waals surface area contributed by atoms with Crippen LogP contribution in [0.2, 0.25) is 0 Å². The molecule has 0 atom stereocenters. The van der Waals surface area contributed by atoms with Gasteiger partial charge in [0.2, 0.25) is 10.0 Å². The fourth-order valence-electron chi connectivity index (χ4n) is 2.52. The van der Waals surface area contributed by atoms with Crippen molar-refractivity contribution in [3.05, 3.63) is 18.2 Å². The second kappa shape index (κ2) is 5.40. The normalized spacial score (nSPS) is 19.2. The van der Waals surface area contributed by atoms with E-state index < -0.39 is 10.0 Å². The van der Waals surface area contributed by atoms with Gasteiger partial charge in [0.25, 0.3) is 0 Å². The third kappa shape index (κ3) is 3.11. The van der Waals surface area contributed by atoms with Gasteiger partial charge in [-0.25, -0.2) is 17.7 Å². The average Bonchev–Trinajstić information content (AvgIpc) is 2.76. The fraction of sp³-hybridized carbons (Fsp3) is 0.750. The Kier molecular flexibility index (Phi) is 4.07. The summed E-state index contributed by atoms with van der Waals surface area (Å²) in [6, 6.07) is 0. The first-order valence-electron chi connectivity index (χ1n) is 6.46. The van der Waals surface area contributed by atoms with Crippen molar-refractivity contribution in [2.45, 2.75) is 32.7 Å². The number of aryl methyl sites for hydroxylation is 1. The first-order valence-corrected chi connectivity index (χ1v) is 8.30. The van der Waals surface area contributed by atoms with Gasteiger partial charge in [-0.15, -0.1) is 0 Å². The van der Waals surface area contributed by atoms with Crippen molar-refractivity contribution in [3.8, 4) is 0 Å². The summed E-state index contributed by atoms with van der Waals surface area (Å²) in [4.78, 5) is 4.31. The van der Waals surface area contributed by atoms with Crippen LogP contribution in [-0.4, -0.2) is 41.6 Å². The Morgan fingerprint density at radius 2 is 2.06 bits per heavy atom. The van der Waals surface area contributed by atoms with Crippen LogP contribution in [-0.2, 0) is 23.0 Å². The van der Waals surface area contributed by atoms with Gasteiger partial charge in [0.15, 0.2) is 0 Å². The Morgan fingerprint density at radius 1 is 1.39 bits per heavy atom. The fourth-order valence-corrected chi connectivity index (χ4v) is 3.40. The number of hydrogen-bond donors (Lipinski definition) is 0. The predicted octanol–water partition coefficient (Wildman–Crippen LogP) is 1.12. The molecule has 1 aromatic rings. The van der Waals surface area contributed by atoms with Crippen LogP contribution in [0.1, 0.15) is 25.6 Å². The molecule has 1 aromatic heterocycles. The van der Waals surface area contributed by atoms with Crippen LogP contribution in [0.4, 0.5) is 0 Å². The zero-order chi connectivity index (χ0) is 13.2. The summed E-state index contributed by atoms with van der Waals surface area (Å²) in [7, 11) is -3.01. The lowest BCUT2D eigenvalue weighted by Gasteiger charge is -2.30. The van der Waals surface area contributed by atoms with Crippen molar-refractivity contribution in [1.29, 1.82) is 0 Å². The molecule has 1 fully saturated rings. The molecule has 0 spiro atoms. The van der Waals surface area contributed by atoms with Crippen LogP contribution in [0, 0.1) is 5.92 Å². The first-order chi connectivity index (χ1) is 8.50. The summed E-state index contributed by atoms with van der Waals surface area (Å²) >= 11 is 0. The van der Waals surface area contributed by atoms with Crippen molar-refractivity contribution in [2.75, 3.05) is 19.3 Å². The topological polar surface area (TPSA) is 55.2 Å². The molecule has 102 valence electrons.